The van der Waals surface area contributed by atoms with Gasteiger partial charge in [0.15, 0.2) is 0 Å². The van der Waals surface area contributed by atoms with Gasteiger partial charge in [-0.2, -0.15) is 13.2 Å². The smallest absolute Gasteiger partial charge is 0.376 e. The zero-order valence-corrected chi connectivity index (χ0v) is 13.0. The maximum atomic E-state index is 12.6. The van der Waals surface area contributed by atoms with E-state index >= 15 is 0 Å². The van der Waals surface area contributed by atoms with E-state index in [1.165, 1.54) is 6.42 Å². The Balaban J connectivity index is 1.78. The van der Waals surface area contributed by atoms with Crippen LogP contribution in [0.25, 0.3) is 0 Å². The molecule has 0 spiro atoms. The first-order valence-corrected chi connectivity index (χ1v) is 7.82. The Morgan fingerprint density at radius 2 is 2.00 bits per heavy atom. The molecule has 0 unspecified atom stereocenters. The van der Waals surface area contributed by atoms with E-state index in [-0.39, 0.29) is 12.6 Å². The molecule has 0 radical (unpaired) electrons. The minimum Gasteiger partial charge on any atom is -0.376 e. The number of amides is 2. The number of aromatic amines is 1. The molecular weight excluding hydrogens is 327 g/mol. The van der Waals surface area contributed by atoms with Crippen LogP contribution in [0.1, 0.15) is 37.7 Å². The maximum absolute atomic E-state index is 12.6. The van der Waals surface area contributed by atoms with E-state index in [0.29, 0.717) is 18.9 Å². The second kappa shape index (κ2) is 8.18. The van der Waals surface area contributed by atoms with Gasteiger partial charge < -0.3 is 20.4 Å². The minimum atomic E-state index is -4.61. The van der Waals surface area contributed by atoms with Crippen molar-refractivity contribution in [3.8, 4) is 0 Å². The van der Waals surface area contributed by atoms with Gasteiger partial charge in [-0.25, -0.2) is 4.79 Å². The van der Waals surface area contributed by atoms with Crippen LogP contribution < -0.4 is 16.2 Å². The summed E-state index contributed by atoms with van der Waals surface area (Å²) in [7, 11) is 0. The topological polar surface area (TPSA) is 83.2 Å². The van der Waals surface area contributed by atoms with E-state index in [1.54, 1.807) is 0 Å². The van der Waals surface area contributed by atoms with Gasteiger partial charge in [-0.15, -0.1) is 0 Å². The highest BCUT2D eigenvalue weighted by atomic mass is 19.4. The molecule has 1 aromatic heterocycles. The summed E-state index contributed by atoms with van der Waals surface area (Å²) in [5.41, 5.74) is -2.31. The number of halogens is 3. The molecule has 6 nitrogen and oxygen atoms in total. The Morgan fingerprint density at radius 3 is 2.67 bits per heavy atom. The van der Waals surface area contributed by atoms with E-state index in [9.17, 15) is 22.8 Å². The lowest BCUT2D eigenvalue weighted by Crippen LogP contribution is -2.34. The van der Waals surface area contributed by atoms with Gasteiger partial charge in [-0.1, -0.05) is 19.3 Å². The molecule has 0 aromatic carbocycles. The Labute approximate surface area is 136 Å². The number of aromatic nitrogens is 1. The average Bonchev–Trinajstić information content (AvgIpc) is 2.53. The summed E-state index contributed by atoms with van der Waals surface area (Å²) in [5, 5.41) is 4.56. The van der Waals surface area contributed by atoms with Crippen molar-refractivity contribution in [3.05, 3.63) is 28.2 Å². The molecular formula is C15H20F3N3O3. The van der Waals surface area contributed by atoms with Gasteiger partial charge >= 0.3 is 12.2 Å². The lowest BCUT2D eigenvalue weighted by atomic mass is 9.98. The molecule has 0 saturated heterocycles. The zero-order chi connectivity index (χ0) is 17.6. The van der Waals surface area contributed by atoms with Crippen LogP contribution >= 0.6 is 0 Å². The molecule has 1 aromatic rings. The molecule has 0 bridgehead atoms. The highest BCUT2D eigenvalue weighted by molar-refractivity contribution is 5.89. The van der Waals surface area contributed by atoms with E-state index in [2.05, 4.69) is 10.6 Å². The summed E-state index contributed by atoms with van der Waals surface area (Å²) >= 11 is 0. The van der Waals surface area contributed by atoms with Gasteiger partial charge in [0, 0.05) is 12.7 Å². The highest BCUT2D eigenvalue weighted by Crippen LogP contribution is 2.29. The van der Waals surface area contributed by atoms with Gasteiger partial charge in [-0.3, -0.25) is 4.79 Å². The number of hydrogen-bond donors (Lipinski definition) is 3. The summed E-state index contributed by atoms with van der Waals surface area (Å²) in [6.45, 7) is 0.524. The molecule has 134 valence electrons. The van der Waals surface area contributed by atoms with Crippen molar-refractivity contribution in [1.82, 2.24) is 10.3 Å². The minimum absolute atomic E-state index is 0.204. The molecule has 1 saturated carbocycles. The first kappa shape index (κ1) is 18.3. The lowest BCUT2D eigenvalue weighted by molar-refractivity contribution is -0.137. The quantitative estimate of drug-likeness (QED) is 0.716. The third kappa shape index (κ3) is 5.55. The summed E-state index contributed by atoms with van der Waals surface area (Å²) in [5.74, 6) is 0. The average molecular weight is 347 g/mol. The van der Waals surface area contributed by atoms with Crippen molar-refractivity contribution in [2.24, 2.45) is 0 Å². The Kier molecular flexibility index (Phi) is 6.24. The van der Waals surface area contributed by atoms with Crippen LogP contribution in [0.15, 0.2) is 17.1 Å². The molecule has 1 aliphatic rings. The molecule has 2 rings (SSSR count). The standard InChI is InChI=1S/C15H20F3N3O3/c16-15(17,18)10-8-12(13(22)20-9-10)21-14(23)19-6-7-24-11-4-2-1-3-5-11/h8-9,11H,1-7H2,(H,20,22)(H2,19,21,23). The van der Waals surface area contributed by atoms with E-state index in [0.717, 1.165) is 25.7 Å². The predicted molar refractivity (Wildman–Crippen MR) is 81.9 cm³/mol. The summed E-state index contributed by atoms with van der Waals surface area (Å²) in [4.78, 5) is 25.1. The van der Waals surface area contributed by atoms with Crippen LogP contribution in [0.3, 0.4) is 0 Å². The van der Waals surface area contributed by atoms with Gasteiger partial charge in [0.05, 0.1) is 18.3 Å². The monoisotopic (exact) mass is 347 g/mol. The number of anilines is 1. The number of nitrogens with one attached hydrogen (secondary N) is 3. The molecule has 1 aliphatic carbocycles. The number of hydrogen-bond acceptors (Lipinski definition) is 3. The van der Waals surface area contributed by atoms with Crippen molar-refractivity contribution in [2.75, 3.05) is 18.5 Å². The number of carbonyl (C=O) groups is 1. The van der Waals surface area contributed by atoms with Crippen LogP contribution in [0.5, 0.6) is 0 Å². The fraction of sp³-hybridized carbons (Fsp3) is 0.600. The third-order valence-electron chi connectivity index (χ3n) is 3.77. The van der Waals surface area contributed by atoms with Gasteiger partial charge in [-0.05, 0) is 18.9 Å². The number of pyridine rings is 1. The second-order valence-corrected chi connectivity index (χ2v) is 5.64. The second-order valence-electron chi connectivity index (χ2n) is 5.64. The van der Waals surface area contributed by atoms with Crippen LogP contribution in [-0.4, -0.2) is 30.3 Å². The van der Waals surface area contributed by atoms with Crippen molar-refractivity contribution in [2.45, 2.75) is 44.4 Å². The fourth-order valence-electron chi connectivity index (χ4n) is 2.53. The Bertz CT molecular complexity index is 610. The number of urea groups is 1. The van der Waals surface area contributed by atoms with E-state index < -0.39 is 29.0 Å². The summed E-state index contributed by atoms with van der Waals surface area (Å²) in [6.07, 6.45) is 1.65. The molecule has 0 atom stereocenters. The van der Waals surface area contributed by atoms with Gasteiger partial charge in [0.25, 0.3) is 5.56 Å². The molecule has 1 fully saturated rings. The van der Waals surface area contributed by atoms with E-state index in [1.807, 2.05) is 4.98 Å². The fourth-order valence-corrected chi connectivity index (χ4v) is 2.53. The SMILES string of the molecule is O=C(NCCOC1CCCCC1)Nc1cc(C(F)(F)F)c[nH]c1=O. The van der Waals surface area contributed by atoms with Crippen LogP contribution in [0.2, 0.25) is 0 Å². The molecule has 2 amide bonds. The summed E-state index contributed by atoms with van der Waals surface area (Å²) < 4.78 is 43.4. The van der Waals surface area contributed by atoms with Crippen molar-refractivity contribution < 1.29 is 22.7 Å². The van der Waals surface area contributed by atoms with E-state index in [4.69, 9.17) is 4.74 Å². The van der Waals surface area contributed by atoms with Crippen molar-refractivity contribution >= 4 is 11.7 Å². The first-order valence-electron chi connectivity index (χ1n) is 7.82. The molecule has 0 aliphatic heterocycles. The van der Waals surface area contributed by atoms with Crippen LogP contribution in [-0.2, 0) is 10.9 Å². The van der Waals surface area contributed by atoms with Gasteiger partial charge in [0.2, 0.25) is 0 Å². The van der Waals surface area contributed by atoms with Crippen molar-refractivity contribution in [3.63, 3.8) is 0 Å². The summed E-state index contributed by atoms with van der Waals surface area (Å²) in [6, 6.07) is -0.163. The van der Waals surface area contributed by atoms with Crippen LogP contribution in [0.4, 0.5) is 23.7 Å². The molecule has 9 heteroatoms. The van der Waals surface area contributed by atoms with Crippen LogP contribution in [0, 0.1) is 0 Å². The number of rotatable bonds is 5. The molecule has 3 N–H and O–H groups in total. The largest absolute Gasteiger partial charge is 0.417 e. The van der Waals surface area contributed by atoms with Gasteiger partial charge in [0.1, 0.15) is 5.69 Å². The first-order chi connectivity index (χ1) is 11.4. The Hall–Kier alpha value is -2.03. The maximum Gasteiger partial charge on any atom is 0.417 e. The lowest BCUT2D eigenvalue weighted by Gasteiger charge is -2.22. The number of ether oxygens (including phenoxy) is 1. The number of alkyl halides is 3. The normalized spacial score (nSPS) is 16.0. The van der Waals surface area contributed by atoms with Crippen molar-refractivity contribution in [1.29, 1.82) is 0 Å². The molecule has 24 heavy (non-hydrogen) atoms. The number of carbonyl (C=O) groups excluding carboxylic acids is 1. The predicted octanol–water partition coefficient (Wildman–Crippen LogP) is 2.86. The Morgan fingerprint density at radius 1 is 1.29 bits per heavy atom. The zero-order valence-electron chi connectivity index (χ0n) is 13.0. The number of H-pyrrole nitrogens is 1. The third-order valence-corrected chi connectivity index (χ3v) is 3.77. The molecule has 1 heterocycles. The highest BCUT2D eigenvalue weighted by Gasteiger charge is 2.31.